The third kappa shape index (κ3) is 22.4. The Hall–Kier alpha value is -9.44. The Kier molecular flexibility index (Phi) is 28.7. The van der Waals surface area contributed by atoms with E-state index in [1.807, 2.05) is 0 Å². The Labute approximate surface area is 547 Å². The highest BCUT2D eigenvalue weighted by Crippen LogP contribution is 2.24. The summed E-state index contributed by atoms with van der Waals surface area (Å²) in [6.07, 6.45) is 11.2. The quantitative estimate of drug-likeness (QED) is 0.0117. The summed E-state index contributed by atoms with van der Waals surface area (Å²) in [6, 6.07) is -5.62. The number of carbonyl (C=O) groups is 11. The zero-order chi connectivity index (χ0) is 68.4. The molecular formula is C60H88N20O13S. The summed E-state index contributed by atoms with van der Waals surface area (Å²) >= 11 is 1.38. The molecule has 2 aliphatic rings. The Morgan fingerprint density at radius 1 is 0.585 bits per heavy atom. The number of hydrogen-bond acceptors (Lipinski definition) is 18. The lowest BCUT2D eigenvalue weighted by atomic mass is 10.0. The predicted molar refractivity (Wildman–Crippen MR) is 343 cm³/mol. The van der Waals surface area contributed by atoms with E-state index in [0.717, 1.165) is 0 Å². The maximum atomic E-state index is 15.0. The number of benzene rings is 1. The zero-order valence-electron chi connectivity index (χ0n) is 53.0. The number of nitrogens with zero attached hydrogens (tertiary/aromatic N) is 6. The maximum Gasteiger partial charge on any atom is 0.326 e. The van der Waals surface area contributed by atoms with Gasteiger partial charge in [-0.1, -0.05) is 44.2 Å². The number of amides is 10. The topological polar surface area (TPSA) is 507 Å². The van der Waals surface area contributed by atoms with Crippen LogP contribution in [0, 0.1) is 5.92 Å². The van der Waals surface area contributed by atoms with Gasteiger partial charge in [0.05, 0.1) is 31.6 Å². The SMILES string of the molecule is CSCC[C@H](NC(=O)[C@H](Cc1ccccc1)NC(=O)[C@H](CO)NC(=O)[C@H](CC(C)C)NC(=O)[C@H](Cc1cnc[nH]1)NC(=O)[C@@H]1CCCN1C(=O)[C@H](Cc1cnc[nH]1)NC(=O)[C@@H]1CCCN1C(=O)[C@H](Cc1cnc[nH]1)NC(=O)[C@H](CCCN=C(N)N)NC(=O)[C@H](C)N)C(=O)O. The molecule has 33 nitrogen and oxygen atoms in total. The van der Waals surface area contributed by atoms with Crippen LogP contribution in [0.2, 0.25) is 0 Å². The lowest BCUT2D eigenvalue weighted by molar-refractivity contribution is -0.144. The highest BCUT2D eigenvalue weighted by atomic mass is 32.2. The molecule has 0 bridgehead atoms. The first kappa shape index (κ1) is 73.6. The number of aliphatic hydroxyl groups is 1. The number of imidazole rings is 3. The summed E-state index contributed by atoms with van der Waals surface area (Å²) in [5.74, 6) is -8.96. The van der Waals surface area contributed by atoms with Crippen LogP contribution in [-0.2, 0) is 78.4 Å². The minimum absolute atomic E-state index is 0.00278. The van der Waals surface area contributed by atoms with Crippen molar-refractivity contribution in [1.82, 2.24) is 82.2 Å². The number of nitrogens with two attached hydrogens (primary N) is 3. The zero-order valence-corrected chi connectivity index (χ0v) is 53.8. The third-order valence-corrected chi connectivity index (χ3v) is 16.4. The summed E-state index contributed by atoms with van der Waals surface area (Å²) in [5.41, 5.74) is 18.7. The number of likely N-dealkylation sites (tertiary alicyclic amines) is 2. The molecule has 10 amide bonds. The number of H-pyrrole nitrogens is 3. The highest BCUT2D eigenvalue weighted by molar-refractivity contribution is 7.98. The van der Waals surface area contributed by atoms with Gasteiger partial charge in [0.25, 0.3) is 0 Å². The fraction of sp³-hybridized carbons (Fsp3) is 0.550. The van der Waals surface area contributed by atoms with Crippen LogP contribution in [0.1, 0.15) is 94.8 Å². The molecular weight excluding hydrogens is 1240 g/mol. The van der Waals surface area contributed by atoms with Gasteiger partial charge in [0, 0.05) is 81.0 Å². The van der Waals surface area contributed by atoms with E-state index in [1.54, 1.807) is 50.4 Å². The molecule has 0 saturated carbocycles. The van der Waals surface area contributed by atoms with Crippen molar-refractivity contribution in [2.75, 3.05) is 38.2 Å². The minimum atomic E-state index is -1.67. The van der Waals surface area contributed by atoms with E-state index in [2.05, 4.69) is 77.4 Å². The number of hydrogen-bond donors (Lipinski definition) is 16. The molecule has 512 valence electrons. The second-order valence-electron chi connectivity index (χ2n) is 23.6. The summed E-state index contributed by atoms with van der Waals surface area (Å²) in [6.45, 7) is 4.32. The van der Waals surface area contributed by atoms with Gasteiger partial charge >= 0.3 is 5.97 Å². The van der Waals surface area contributed by atoms with Crippen molar-refractivity contribution in [3.8, 4) is 0 Å². The molecule has 0 radical (unpaired) electrons. The van der Waals surface area contributed by atoms with Crippen LogP contribution in [0.3, 0.4) is 0 Å². The van der Waals surface area contributed by atoms with Gasteiger partial charge in [-0.3, -0.25) is 52.9 Å². The standard InChI is InChI=1S/C60H88N20O13S/c1-33(2)21-41(51(84)78-46(29-81)54(87)74-42(22-35-11-6-5-7-12-35)52(85)72-40(59(92)93)16-20-94-4)73-53(86)43(23-36-26-64-30-68-36)75-55(88)47-14-9-18-79(47)58(91)45(25-38-28-66-32-70-38)77-56(89)48-15-10-19-80(48)57(90)44(24-37-27-65-31-69-37)76-50(83)39(71-49(82)34(3)61)13-8-17-67-60(62)63/h5-7,11-12,26-28,30-34,39-48,81H,8-10,13-25,29,61H2,1-4H3,(H,64,68)(H,65,69)(H,66,70)(H,71,82)(H,72,85)(H,73,86)(H,74,87)(H,75,88)(H,76,83)(H,77,89)(H,78,84)(H,92,93)(H4,62,63,67)/t34-,39-,40-,41-,42-,43-,44-,45-,46-,47-,48-/m0/s1. The second-order valence-corrected chi connectivity index (χ2v) is 24.6. The normalized spacial score (nSPS) is 17.4. The third-order valence-electron chi connectivity index (χ3n) is 15.8. The molecule has 5 heterocycles. The number of aliphatic imine (C=N–C) groups is 1. The van der Waals surface area contributed by atoms with E-state index in [1.165, 1.54) is 66.1 Å². The van der Waals surface area contributed by atoms with Crippen LogP contribution < -0.4 is 59.7 Å². The predicted octanol–water partition coefficient (Wildman–Crippen LogP) is -3.74. The van der Waals surface area contributed by atoms with Gasteiger partial charge < -0.3 is 94.7 Å². The van der Waals surface area contributed by atoms with Crippen molar-refractivity contribution >= 4 is 82.8 Å². The van der Waals surface area contributed by atoms with Crippen LogP contribution in [0.4, 0.5) is 0 Å². The van der Waals surface area contributed by atoms with Crippen LogP contribution in [0.15, 0.2) is 72.9 Å². The summed E-state index contributed by atoms with van der Waals surface area (Å²) in [5, 5.41) is 41.6. The van der Waals surface area contributed by atoms with Crippen LogP contribution in [0.5, 0.6) is 0 Å². The van der Waals surface area contributed by atoms with Gasteiger partial charge in [0.2, 0.25) is 59.1 Å². The monoisotopic (exact) mass is 1330 g/mol. The van der Waals surface area contributed by atoms with Gasteiger partial charge in [-0.15, -0.1) is 0 Å². The molecule has 4 aromatic rings. The largest absolute Gasteiger partial charge is 0.480 e. The van der Waals surface area contributed by atoms with Crippen LogP contribution in [-0.4, -0.2) is 226 Å². The van der Waals surface area contributed by atoms with E-state index in [9.17, 15) is 63.0 Å². The van der Waals surface area contributed by atoms with Crippen molar-refractivity contribution in [2.24, 2.45) is 28.1 Å². The summed E-state index contributed by atoms with van der Waals surface area (Å²) < 4.78 is 0. The minimum Gasteiger partial charge on any atom is -0.480 e. The first-order chi connectivity index (χ1) is 45.0. The Bertz CT molecular complexity index is 3190. The molecule has 1 aromatic carbocycles. The number of carboxylic acid groups (broad SMARTS) is 1. The highest BCUT2D eigenvalue weighted by Gasteiger charge is 2.44. The number of thioether (sulfide) groups is 1. The molecule has 0 aliphatic carbocycles. The fourth-order valence-electron chi connectivity index (χ4n) is 10.9. The lowest BCUT2D eigenvalue weighted by Crippen LogP contribution is -2.61. The molecule has 2 fully saturated rings. The first-order valence-corrected chi connectivity index (χ1v) is 32.5. The van der Waals surface area contributed by atoms with Crippen molar-refractivity contribution in [3.05, 3.63) is 90.5 Å². The van der Waals surface area contributed by atoms with Crippen molar-refractivity contribution in [3.63, 3.8) is 0 Å². The van der Waals surface area contributed by atoms with Gasteiger partial charge in [0.15, 0.2) is 5.96 Å². The molecule has 6 rings (SSSR count). The molecule has 3 aromatic heterocycles. The molecule has 34 heteroatoms. The van der Waals surface area contributed by atoms with Gasteiger partial charge in [-0.2, -0.15) is 11.8 Å². The summed E-state index contributed by atoms with van der Waals surface area (Å²) in [4.78, 5) is 182. The Balaban J connectivity index is 1.17. The molecule has 0 spiro atoms. The molecule has 2 saturated heterocycles. The van der Waals surface area contributed by atoms with Gasteiger partial charge in [-0.05, 0) is 81.8 Å². The first-order valence-electron chi connectivity index (χ1n) is 31.1. The average Bonchev–Trinajstić information content (AvgIpc) is 1.74. The summed E-state index contributed by atoms with van der Waals surface area (Å²) in [7, 11) is 0. The average molecular weight is 1330 g/mol. The number of aromatic nitrogens is 6. The lowest BCUT2D eigenvalue weighted by Gasteiger charge is -2.32. The molecule has 94 heavy (non-hydrogen) atoms. The second kappa shape index (κ2) is 36.7. The van der Waals surface area contributed by atoms with E-state index in [0.29, 0.717) is 41.2 Å². The fourth-order valence-corrected chi connectivity index (χ4v) is 11.4. The number of aromatic amines is 3. The molecule has 11 atom stereocenters. The van der Waals surface area contributed by atoms with E-state index in [-0.39, 0.29) is 95.7 Å². The number of rotatable bonds is 37. The Morgan fingerprint density at radius 2 is 1.02 bits per heavy atom. The van der Waals surface area contributed by atoms with E-state index < -0.39 is 138 Å². The van der Waals surface area contributed by atoms with Crippen molar-refractivity contribution < 1.29 is 63.0 Å². The maximum absolute atomic E-state index is 15.0. The van der Waals surface area contributed by atoms with Crippen molar-refractivity contribution in [1.29, 1.82) is 0 Å². The number of guanidine groups is 1. The number of carboxylic acids is 1. The van der Waals surface area contributed by atoms with Gasteiger partial charge in [0.1, 0.15) is 60.4 Å². The number of aliphatic carboxylic acids is 1. The number of carbonyl (C=O) groups excluding carboxylic acids is 10. The van der Waals surface area contributed by atoms with Crippen molar-refractivity contribution in [2.45, 2.75) is 164 Å². The van der Waals surface area contributed by atoms with E-state index >= 15 is 0 Å². The molecule has 0 unspecified atom stereocenters. The van der Waals surface area contributed by atoms with Gasteiger partial charge in [-0.25, -0.2) is 19.7 Å². The van der Waals surface area contributed by atoms with Crippen LogP contribution >= 0.6 is 11.8 Å². The molecule has 19 N–H and O–H groups in total. The smallest absolute Gasteiger partial charge is 0.326 e. The number of nitrogens with one attached hydrogen (secondary N) is 11. The van der Waals surface area contributed by atoms with Crippen LogP contribution in [0.25, 0.3) is 0 Å². The van der Waals surface area contributed by atoms with E-state index in [4.69, 9.17) is 17.2 Å². The molecule has 2 aliphatic heterocycles. The Morgan fingerprint density at radius 3 is 1.50 bits per heavy atom. The number of aliphatic hydroxyl groups excluding tert-OH is 1.